The number of halogens is 1. The number of nitrogens with one attached hydrogen (secondary N) is 1. The lowest BCUT2D eigenvalue weighted by Gasteiger charge is -2.04. The Morgan fingerprint density at radius 2 is 2.00 bits per heavy atom. The summed E-state index contributed by atoms with van der Waals surface area (Å²) < 4.78 is 12.9. The van der Waals surface area contributed by atoms with Gasteiger partial charge in [0, 0.05) is 19.3 Å². The van der Waals surface area contributed by atoms with Gasteiger partial charge in [0.05, 0.1) is 5.69 Å². The number of benzene rings is 1. The molecule has 1 aromatic heterocycles. The number of hydrogen-bond donors (Lipinski definition) is 1. The Morgan fingerprint density at radius 1 is 1.06 bits per heavy atom. The van der Waals surface area contributed by atoms with Crippen molar-refractivity contribution < 1.29 is 4.39 Å². The molecule has 2 aromatic rings. The Hall–Kier alpha value is -1.74. The van der Waals surface area contributed by atoms with Crippen LogP contribution in [0.25, 0.3) is 0 Å². The Morgan fingerprint density at radius 3 is 2.75 bits per heavy atom. The zero-order valence-electron chi connectivity index (χ0n) is 8.86. The third-order valence-electron chi connectivity index (χ3n) is 2.25. The number of rotatable bonds is 4. The molecule has 1 heterocycles. The van der Waals surface area contributed by atoms with Crippen LogP contribution in [0.15, 0.2) is 48.7 Å². The molecule has 2 rings (SSSR count). The second-order valence-corrected chi connectivity index (χ2v) is 3.55. The quantitative estimate of drug-likeness (QED) is 0.849. The predicted octanol–water partition coefficient (Wildman–Crippen LogP) is 2.51. The van der Waals surface area contributed by atoms with E-state index in [1.807, 2.05) is 24.3 Å². The highest BCUT2D eigenvalue weighted by atomic mass is 19.1. The van der Waals surface area contributed by atoms with Gasteiger partial charge in [-0.3, -0.25) is 4.98 Å². The van der Waals surface area contributed by atoms with E-state index in [1.54, 1.807) is 12.3 Å². The summed E-state index contributed by atoms with van der Waals surface area (Å²) in [6.45, 7) is 1.34. The van der Waals surface area contributed by atoms with E-state index in [0.717, 1.165) is 11.3 Å². The Kier molecular flexibility index (Phi) is 3.62. The van der Waals surface area contributed by atoms with E-state index in [2.05, 4.69) is 10.3 Å². The second-order valence-electron chi connectivity index (χ2n) is 3.55. The second kappa shape index (κ2) is 5.37. The van der Waals surface area contributed by atoms with Crippen LogP contribution in [0, 0.1) is 5.82 Å². The average molecular weight is 216 g/mol. The van der Waals surface area contributed by atoms with Crippen molar-refractivity contribution in [1.82, 2.24) is 10.3 Å². The van der Waals surface area contributed by atoms with Crippen LogP contribution in [-0.4, -0.2) is 4.98 Å². The standard InChI is InChI=1S/C13H13FN2/c14-12-5-3-4-11(8-12)9-15-10-13-6-1-2-7-16-13/h1-8,15H,9-10H2. The molecule has 82 valence electrons. The normalized spacial score (nSPS) is 10.3. The molecule has 2 nitrogen and oxygen atoms in total. The van der Waals surface area contributed by atoms with Gasteiger partial charge in [0.2, 0.25) is 0 Å². The van der Waals surface area contributed by atoms with Gasteiger partial charge in [0.25, 0.3) is 0 Å². The van der Waals surface area contributed by atoms with Gasteiger partial charge in [0.1, 0.15) is 5.82 Å². The zero-order valence-corrected chi connectivity index (χ0v) is 8.86. The van der Waals surface area contributed by atoms with E-state index in [9.17, 15) is 4.39 Å². The third-order valence-corrected chi connectivity index (χ3v) is 2.25. The summed E-state index contributed by atoms with van der Waals surface area (Å²) >= 11 is 0. The van der Waals surface area contributed by atoms with Crippen LogP contribution in [0.2, 0.25) is 0 Å². The summed E-state index contributed by atoms with van der Waals surface area (Å²) in [5, 5.41) is 3.22. The highest BCUT2D eigenvalue weighted by Gasteiger charge is 1.96. The van der Waals surface area contributed by atoms with Crippen LogP contribution in [-0.2, 0) is 13.1 Å². The highest BCUT2D eigenvalue weighted by Crippen LogP contribution is 2.03. The van der Waals surface area contributed by atoms with Gasteiger partial charge in [0.15, 0.2) is 0 Å². The minimum atomic E-state index is -0.197. The monoisotopic (exact) mass is 216 g/mol. The van der Waals surface area contributed by atoms with Crippen molar-refractivity contribution in [2.45, 2.75) is 13.1 Å². The van der Waals surface area contributed by atoms with Gasteiger partial charge in [-0.25, -0.2) is 4.39 Å². The van der Waals surface area contributed by atoms with Crippen LogP contribution < -0.4 is 5.32 Å². The Labute approximate surface area is 94.2 Å². The smallest absolute Gasteiger partial charge is 0.123 e. The van der Waals surface area contributed by atoms with E-state index < -0.39 is 0 Å². The minimum Gasteiger partial charge on any atom is -0.307 e. The maximum absolute atomic E-state index is 12.9. The largest absolute Gasteiger partial charge is 0.307 e. The summed E-state index contributed by atoms with van der Waals surface area (Å²) in [5.41, 5.74) is 1.93. The maximum Gasteiger partial charge on any atom is 0.123 e. The van der Waals surface area contributed by atoms with Crippen LogP contribution >= 0.6 is 0 Å². The van der Waals surface area contributed by atoms with Crippen molar-refractivity contribution in [3.63, 3.8) is 0 Å². The highest BCUT2D eigenvalue weighted by molar-refractivity contribution is 5.16. The van der Waals surface area contributed by atoms with Crippen molar-refractivity contribution in [2.75, 3.05) is 0 Å². The molecule has 0 fully saturated rings. The first-order valence-electron chi connectivity index (χ1n) is 5.20. The molecule has 0 radical (unpaired) electrons. The Balaban J connectivity index is 1.85. The molecule has 0 unspecified atom stereocenters. The van der Waals surface area contributed by atoms with E-state index in [1.165, 1.54) is 12.1 Å². The van der Waals surface area contributed by atoms with Gasteiger partial charge in [-0.15, -0.1) is 0 Å². The van der Waals surface area contributed by atoms with Crippen LogP contribution in [0.3, 0.4) is 0 Å². The Bertz CT molecular complexity index is 443. The van der Waals surface area contributed by atoms with E-state index in [4.69, 9.17) is 0 Å². The molecule has 0 atom stereocenters. The summed E-state index contributed by atoms with van der Waals surface area (Å²) in [6, 6.07) is 12.4. The summed E-state index contributed by atoms with van der Waals surface area (Å²) in [7, 11) is 0. The molecule has 0 aliphatic rings. The van der Waals surface area contributed by atoms with Crippen molar-refractivity contribution in [1.29, 1.82) is 0 Å². The third kappa shape index (κ3) is 3.14. The van der Waals surface area contributed by atoms with Gasteiger partial charge in [-0.05, 0) is 29.8 Å². The lowest BCUT2D eigenvalue weighted by molar-refractivity contribution is 0.619. The average Bonchev–Trinajstić information content (AvgIpc) is 2.30. The van der Waals surface area contributed by atoms with E-state index in [-0.39, 0.29) is 5.82 Å². The molecule has 3 heteroatoms. The van der Waals surface area contributed by atoms with Crippen molar-refractivity contribution in [2.24, 2.45) is 0 Å². The molecule has 0 aliphatic heterocycles. The fourth-order valence-electron chi connectivity index (χ4n) is 1.48. The van der Waals surface area contributed by atoms with Crippen LogP contribution in [0.4, 0.5) is 4.39 Å². The first-order chi connectivity index (χ1) is 7.84. The minimum absolute atomic E-state index is 0.197. The predicted molar refractivity (Wildman–Crippen MR) is 61.2 cm³/mol. The van der Waals surface area contributed by atoms with Gasteiger partial charge < -0.3 is 5.32 Å². The lowest BCUT2D eigenvalue weighted by atomic mass is 10.2. The summed E-state index contributed by atoms with van der Waals surface area (Å²) in [4.78, 5) is 4.19. The van der Waals surface area contributed by atoms with Gasteiger partial charge in [-0.1, -0.05) is 18.2 Å². The zero-order chi connectivity index (χ0) is 11.2. The van der Waals surface area contributed by atoms with Crippen LogP contribution in [0.5, 0.6) is 0 Å². The number of hydrogen-bond acceptors (Lipinski definition) is 2. The molecule has 0 bridgehead atoms. The van der Waals surface area contributed by atoms with Crippen molar-refractivity contribution in [3.05, 3.63) is 65.7 Å². The molecular formula is C13H13FN2. The topological polar surface area (TPSA) is 24.9 Å². The van der Waals surface area contributed by atoms with Gasteiger partial charge >= 0.3 is 0 Å². The molecule has 0 saturated carbocycles. The molecule has 16 heavy (non-hydrogen) atoms. The number of aromatic nitrogens is 1. The maximum atomic E-state index is 12.9. The number of pyridine rings is 1. The summed E-state index contributed by atoms with van der Waals surface area (Å²) in [5.74, 6) is -0.197. The van der Waals surface area contributed by atoms with Crippen molar-refractivity contribution >= 4 is 0 Å². The molecule has 1 aromatic carbocycles. The molecule has 1 N–H and O–H groups in total. The van der Waals surface area contributed by atoms with Crippen molar-refractivity contribution in [3.8, 4) is 0 Å². The fourth-order valence-corrected chi connectivity index (χ4v) is 1.48. The molecule has 0 aliphatic carbocycles. The van der Waals surface area contributed by atoms with Gasteiger partial charge in [-0.2, -0.15) is 0 Å². The molecular weight excluding hydrogens is 203 g/mol. The molecule has 0 amide bonds. The van der Waals surface area contributed by atoms with E-state index >= 15 is 0 Å². The van der Waals surface area contributed by atoms with E-state index in [0.29, 0.717) is 13.1 Å². The lowest BCUT2D eigenvalue weighted by Crippen LogP contribution is -2.13. The van der Waals surface area contributed by atoms with Crippen LogP contribution in [0.1, 0.15) is 11.3 Å². The first kappa shape index (κ1) is 10.8. The fraction of sp³-hybridized carbons (Fsp3) is 0.154. The SMILES string of the molecule is Fc1cccc(CNCc2ccccn2)c1. The molecule has 0 spiro atoms. The number of nitrogens with zero attached hydrogens (tertiary/aromatic N) is 1. The molecule has 0 saturated heterocycles. The summed E-state index contributed by atoms with van der Waals surface area (Å²) in [6.07, 6.45) is 1.76. The first-order valence-corrected chi connectivity index (χ1v) is 5.20.